The lowest BCUT2D eigenvalue weighted by atomic mass is 9.85. The summed E-state index contributed by atoms with van der Waals surface area (Å²) < 4.78 is 0. The van der Waals surface area contributed by atoms with E-state index < -0.39 is 17.7 Å². The number of fused-ring (bicyclic) bond motifs is 1. The Kier molecular flexibility index (Phi) is 4.85. The maximum atomic E-state index is 12.4. The molecule has 1 aromatic rings. The van der Waals surface area contributed by atoms with Gasteiger partial charge in [0.1, 0.15) is 6.54 Å². The first-order valence-electron chi connectivity index (χ1n) is 7.31. The Morgan fingerprint density at radius 2 is 1.83 bits per heavy atom. The highest BCUT2D eigenvalue weighted by Gasteiger charge is 2.48. The minimum absolute atomic E-state index is 0.300. The molecule has 1 aliphatic carbocycles. The van der Waals surface area contributed by atoms with E-state index in [0.717, 1.165) is 4.90 Å². The van der Waals surface area contributed by atoms with Crippen molar-refractivity contribution < 1.29 is 14.4 Å². The van der Waals surface area contributed by atoms with Crippen LogP contribution in [-0.2, 0) is 14.4 Å². The molecule has 0 radical (unpaired) electrons. The second kappa shape index (κ2) is 6.75. The molecule has 0 spiro atoms. The summed E-state index contributed by atoms with van der Waals surface area (Å²) in [6.45, 7) is -0.331. The first-order valence-corrected chi connectivity index (χ1v) is 8.45. The summed E-state index contributed by atoms with van der Waals surface area (Å²) in [4.78, 5) is 37.9. The maximum Gasteiger partial charge on any atom is 0.244 e. The van der Waals surface area contributed by atoms with Crippen LogP contribution in [0.5, 0.6) is 0 Å². The maximum absolute atomic E-state index is 12.4. The molecule has 0 bridgehead atoms. The fourth-order valence-corrected chi connectivity index (χ4v) is 3.52. The third-order valence-electron chi connectivity index (χ3n) is 4.17. The van der Waals surface area contributed by atoms with Crippen molar-refractivity contribution >= 4 is 58.2 Å². The summed E-state index contributed by atoms with van der Waals surface area (Å²) in [5.41, 5.74) is 0.440. The summed E-state index contributed by atoms with van der Waals surface area (Å²) in [5.74, 6) is -2.03. The largest absolute Gasteiger partial charge is 0.324 e. The average Bonchev–Trinajstić information content (AvgIpc) is 2.75. The number of benzene rings is 1. The third-order valence-corrected chi connectivity index (χ3v) is 5.21. The minimum Gasteiger partial charge on any atom is -0.324 e. The molecule has 2 atom stereocenters. The number of hydrogen-bond acceptors (Lipinski definition) is 3. The number of rotatable bonds is 3. The van der Waals surface area contributed by atoms with E-state index in [0.29, 0.717) is 33.6 Å². The van der Waals surface area contributed by atoms with Crippen molar-refractivity contribution in [2.45, 2.75) is 12.8 Å². The van der Waals surface area contributed by atoms with Gasteiger partial charge in [-0.15, -0.1) is 0 Å². The molecule has 1 fully saturated rings. The summed E-state index contributed by atoms with van der Waals surface area (Å²) in [6, 6.07) is 4.63. The SMILES string of the molecule is O=C(CN1C(=O)[C@H]2CC=C(Cl)C[C@@H]2C1=O)Nc1ccc(Cl)c(Cl)c1. The fourth-order valence-electron chi connectivity index (χ4n) is 2.97. The van der Waals surface area contributed by atoms with Gasteiger partial charge in [0, 0.05) is 10.7 Å². The van der Waals surface area contributed by atoms with Gasteiger partial charge in [-0.2, -0.15) is 0 Å². The zero-order chi connectivity index (χ0) is 17.4. The van der Waals surface area contributed by atoms with Crippen LogP contribution in [0.4, 0.5) is 5.69 Å². The van der Waals surface area contributed by atoms with Gasteiger partial charge in [-0.05, 0) is 31.0 Å². The summed E-state index contributed by atoms with van der Waals surface area (Å²) in [5, 5.41) is 3.85. The van der Waals surface area contributed by atoms with Gasteiger partial charge in [-0.3, -0.25) is 19.3 Å². The Labute approximate surface area is 153 Å². The number of anilines is 1. The summed E-state index contributed by atoms with van der Waals surface area (Å²) in [6.07, 6.45) is 2.54. The summed E-state index contributed by atoms with van der Waals surface area (Å²) in [7, 11) is 0. The standard InChI is InChI=1S/C16H13Cl3N2O3/c17-8-1-3-10-11(5-8)16(24)21(15(10)23)7-14(22)20-9-2-4-12(18)13(19)6-9/h1-2,4,6,10-11H,3,5,7H2,(H,20,22)/t10-,11-/m0/s1. The zero-order valence-corrected chi connectivity index (χ0v) is 14.7. The molecule has 0 aromatic heterocycles. The molecule has 1 aliphatic heterocycles. The van der Waals surface area contributed by atoms with Crippen LogP contribution in [0.25, 0.3) is 0 Å². The molecule has 1 N–H and O–H groups in total. The Bertz CT molecular complexity index is 763. The molecule has 126 valence electrons. The number of halogens is 3. The number of likely N-dealkylation sites (tertiary alicyclic amines) is 1. The number of amides is 3. The van der Waals surface area contributed by atoms with Crippen molar-refractivity contribution in [2.75, 3.05) is 11.9 Å². The predicted octanol–water partition coefficient (Wildman–Crippen LogP) is 3.45. The van der Waals surface area contributed by atoms with Gasteiger partial charge >= 0.3 is 0 Å². The molecule has 0 saturated carbocycles. The van der Waals surface area contributed by atoms with Gasteiger partial charge < -0.3 is 5.32 Å². The number of nitrogens with zero attached hydrogens (tertiary/aromatic N) is 1. The molecular weight excluding hydrogens is 375 g/mol. The minimum atomic E-state index is -0.479. The van der Waals surface area contributed by atoms with E-state index in [-0.39, 0.29) is 18.4 Å². The van der Waals surface area contributed by atoms with E-state index >= 15 is 0 Å². The van der Waals surface area contributed by atoms with Crippen LogP contribution in [0.15, 0.2) is 29.3 Å². The molecule has 3 rings (SSSR count). The highest BCUT2D eigenvalue weighted by molar-refractivity contribution is 6.42. The quantitative estimate of drug-likeness (QED) is 0.808. The van der Waals surface area contributed by atoms with Crippen LogP contribution in [-0.4, -0.2) is 29.2 Å². The molecule has 3 amide bonds. The number of carbonyl (C=O) groups is 3. The summed E-state index contributed by atoms with van der Waals surface area (Å²) >= 11 is 17.7. The number of nitrogens with one attached hydrogen (secondary N) is 1. The van der Waals surface area contributed by atoms with Crippen LogP contribution in [0.3, 0.4) is 0 Å². The Morgan fingerprint density at radius 1 is 1.12 bits per heavy atom. The van der Waals surface area contributed by atoms with E-state index in [2.05, 4.69) is 5.32 Å². The Morgan fingerprint density at radius 3 is 2.54 bits per heavy atom. The Hall–Kier alpha value is -1.56. The fraction of sp³-hybridized carbons (Fsp3) is 0.312. The smallest absolute Gasteiger partial charge is 0.244 e. The normalized spacial score (nSPS) is 23.1. The van der Waals surface area contributed by atoms with E-state index in [1.807, 2.05) is 0 Å². The van der Waals surface area contributed by atoms with Crippen LogP contribution in [0, 0.1) is 11.8 Å². The highest BCUT2D eigenvalue weighted by Crippen LogP contribution is 2.38. The van der Waals surface area contributed by atoms with E-state index in [9.17, 15) is 14.4 Å². The molecule has 1 saturated heterocycles. The molecule has 5 nitrogen and oxygen atoms in total. The van der Waals surface area contributed by atoms with Crippen molar-refractivity contribution in [2.24, 2.45) is 11.8 Å². The van der Waals surface area contributed by atoms with Crippen LogP contribution in [0.2, 0.25) is 10.0 Å². The third kappa shape index (κ3) is 3.29. The number of allylic oxidation sites excluding steroid dienone is 2. The molecule has 1 heterocycles. The highest BCUT2D eigenvalue weighted by atomic mass is 35.5. The van der Waals surface area contributed by atoms with Crippen LogP contribution in [0.1, 0.15) is 12.8 Å². The first kappa shape index (κ1) is 17.3. The van der Waals surface area contributed by atoms with E-state index in [1.54, 1.807) is 18.2 Å². The first-order chi connectivity index (χ1) is 11.4. The monoisotopic (exact) mass is 386 g/mol. The second-order valence-corrected chi connectivity index (χ2v) is 7.04. The molecule has 8 heteroatoms. The van der Waals surface area contributed by atoms with E-state index in [4.69, 9.17) is 34.8 Å². The lowest BCUT2D eigenvalue weighted by Gasteiger charge is -2.17. The predicted molar refractivity (Wildman–Crippen MR) is 92.0 cm³/mol. The van der Waals surface area contributed by atoms with Gasteiger partial charge in [0.2, 0.25) is 17.7 Å². The van der Waals surface area contributed by atoms with Gasteiger partial charge in [0.25, 0.3) is 0 Å². The number of imide groups is 1. The van der Waals surface area contributed by atoms with Gasteiger partial charge in [-0.1, -0.05) is 40.9 Å². The second-order valence-electron chi connectivity index (χ2n) is 5.74. The van der Waals surface area contributed by atoms with Crippen molar-refractivity contribution in [3.63, 3.8) is 0 Å². The molecule has 2 aliphatic rings. The van der Waals surface area contributed by atoms with Crippen LogP contribution < -0.4 is 5.32 Å². The molecule has 24 heavy (non-hydrogen) atoms. The lowest BCUT2D eigenvalue weighted by molar-refractivity contribution is -0.142. The lowest BCUT2D eigenvalue weighted by Crippen LogP contribution is -2.38. The van der Waals surface area contributed by atoms with Gasteiger partial charge in [-0.25, -0.2) is 0 Å². The molecule has 0 unspecified atom stereocenters. The van der Waals surface area contributed by atoms with Crippen molar-refractivity contribution in [3.05, 3.63) is 39.4 Å². The number of carbonyl (C=O) groups excluding carboxylic acids is 3. The Balaban J connectivity index is 1.67. The van der Waals surface area contributed by atoms with Crippen molar-refractivity contribution in [1.29, 1.82) is 0 Å². The van der Waals surface area contributed by atoms with Crippen molar-refractivity contribution in [1.82, 2.24) is 4.90 Å². The average molecular weight is 388 g/mol. The molecule has 1 aromatic carbocycles. The van der Waals surface area contributed by atoms with Crippen molar-refractivity contribution in [3.8, 4) is 0 Å². The van der Waals surface area contributed by atoms with Gasteiger partial charge in [0.15, 0.2) is 0 Å². The van der Waals surface area contributed by atoms with E-state index in [1.165, 1.54) is 6.07 Å². The number of hydrogen-bond donors (Lipinski definition) is 1. The zero-order valence-electron chi connectivity index (χ0n) is 12.4. The molecular formula is C16H13Cl3N2O3. The topological polar surface area (TPSA) is 66.5 Å². The van der Waals surface area contributed by atoms with Gasteiger partial charge in [0.05, 0.1) is 21.9 Å². The van der Waals surface area contributed by atoms with Crippen LogP contribution >= 0.6 is 34.8 Å².